The molecule has 1 heterocycles. The Kier molecular flexibility index (Phi) is 6.20. The highest BCUT2D eigenvalue weighted by molar-refractivity contribution is 7.90. The molecule has 110 valence electrons. The van der Waals surface area contributed by atoms with Crippen LogP contribution in [0.25, 0.3) is 0 Å². The van der Waals surface area contributed by atoms with Crippen molar-refractivity contribution >= 4 is 27.1 Å². The fourth-order valence-corrected chi connectivity index (χ4v) is 3.09. The monoisotopic (exact) mass is 315 g/mol. The van der Waals surface area contributed by atoms with Crippen LogP contribution in [0.3, 0.4) is 0 Å². The van der Waals surface area contributed by atoms with Crippen molar-refractivity contribution in [3.05, 3.63) is 21.4 Å². The normalized spacial score (nSPS) is 10.8. The molecule has 0 atom stereocenters. The quantitative estimate of drug-likeness (QED) is 0.614. The molecular formula is C13H17NO4S2. The highest BCUT2D eigenvalue weighted by atomic mass is 32.2. The predicted molar refractivity (Wildman–Crippen MR) is 79.7 cm³/mol. The Morgan fingerprint density at radius 1 is 1.50 bits per heavy atom. The van der Waals surface area contributed by atoms with E-state index in [4.69, 9.17) is 5.11 Å². The third-order valence-electron chi connectivity index (χ3n) is 2.40. The van der Waals surface area contributed by atoms with E-state index in [0.29, 0.717) is 17.8 Å². The average molecular weight is 315 g/mol. The van der Waals surface area contributed by atoms with Gasteiger partial charge in [-0.25, -0.2) is 8.42 Å². The maximum absolute atomic E-state index is 11.9. The van der Waals surface area contributed by atoms with Crippen LogP contribution < -0.4 is 5.32 Å². The van der Waals surface area contributed by atoms with Gasteiger partial charge in [-0.05, 0) is 25.0 Å². The molecule has 0 unspecified atom stereocenters. The lowest BCUT2D eigenvalue weighted by molar-refractivity contribution is 0.0957. The van der Waals surface area contributed by atoms with Crippen molar-refractivity contribution in [3.63, 3.8) is 0 Å². The molecule has 7 heteroatoms. The van der Waals surface area contributed by atoms with Gasteiger partial charge in [-0.3, -0.25) is 4.79 Å². The zero-order valence-electron chi connectivity index (χ0n) is 11.4. The van der Waals surface area contributed by atoms with Crippen molar-refractivity contribution in [2.75, 3.05) is 25.2 Å². The van der Waals surface area contributed by atoms with Gasteiger partial charge >= 0.3 is 0 Å². The lowest BCUT2D eigenvalue weighted by Gasteiger charge is -2.02. The molecule has 0 spiro atoms. The standard InChI is InChI=1S/C13H17NO4S2/c1-10-9-12(19-11(10)5-3-7-15)13(16)14-6-4-8-20(2,17)18/h9,15H,4,6-8H2,1-2H3,(H,14,16). The van der Waals surface area contributed by atoms with Crippen molar-refractivity contribution in [3.8, 4) is 11.8 Å². The largest absolute Gasteiger partial charge is 0.384 e. The van der Waals surface area contributed by atoms with Crippen LogP contribution in [0.1, 0.15) is 26.5 Å². The van der Waals surface area contributed by atoms with Crippen molar-refractivity contribution in [2.45, 2.75) is 13.3 Å². The van der Waals surface area contributed by atoms with Gasteiger partial charge in [0.2, 0.25) is 0 Å². The molecule has 0 saturated heterocycles. The number of hydrogen-bond donors (Lipinski definition) is 2. The summed E-state index contributed by atoms with van der Waals surface area (Å²) in [5.74, 6) is 5.16. The van der Waals surface area contributed by atoms with Gasteiger partial charge in [0.25, 0.3) is 5.91 Å². The van der Waals surface area contributed by atoms with Gasteiger partial charge in [0.05, 0.1) is 15.5 Å². The Morgan fingerprint density at radius 3 is 2.80 bits per heavy atom. The van der Waals surface area contributed by atoms with Gasteiger partial charge in [-0.1, -0.05) is 11.8 Å². The van der Waals surface area contributed by atoms with Crippen molar-refractivity contribution < 1.29 is 18.3 Å². The van der Waals surface area contributed by atoms with Gasteiger partial charge in [0.1, 0.15) is 16.4 Å². The summed E-state index contributed by atoms with van der Waals surface area (Å²) < 4.78 is 21.9. The van der Waals surface area contributed by atoms with Crippen LogP contribution in [0.4, 0.5) is 0 Å². The summed E-state index contributed by atoms with van der Waals surface area (Å²) in [5.41, 5.74) is 0.886. The maximum Gasteiger partial charge on any atom is 0.261 e. The first-order chi connectivity index (χ1) is 9.33. The fraction of sp³-hybridized carbons (Fsp3) is 0.462. The lowest BCUT2D eigenvalue weighted by atomic mass is 10.2. The number of sulfone groups is 1. The Morgan fingerprint density at radius 2 is 2.20 bits per heavy atom. The van der Waals surface area contributed by atoms with Crippen molar-refractivity contribution in [2.24, 2.45) is 0 Å². The molecule has 0 radical (unpaired) electrons. The molecule has 20 heavy (non-hydrogen) atoms. The molecule has 0 aliphatic rings. The van der Waals surface area contributed by atoms with Crippen LogP contribution in [0.2, 0.25) is 0 Å². The SMILES string of the molecule is Cc1cc(C(=O)NCCCS(C)(=O)=O)sc1C#CCO. The number of hydrogen-bond acceptors (Lipinski definition) is 5. The third-order valence-corrected chi connectivity index (χ3v) is 4.58. The van der Waals surface area contributed by atoms with E-state index in [1.54, 1.807) is 6.07 Å². The number of amides is 1. The first kappa shape index (κ1) is 16.7. The molecule has 0 aliphatic heterocycles. The van der Waals surface area contributed by atoms with Crippen LogP contribution in [0, 0.1) is 18.8 Å². The van der Waals surface area contributed by atoms with Gasteiger partial charge in [-0.15, -0.1) is 11.3 Å². The van der Waals surface area contributed by atoms with E-state index in [1.165, 1.54) is 17.6 Å². The number of aliphatic hydroxyl groups is 1. The highest BCUT2D eigenvalue weighted by Crippen LogP contribution is 2.20. The smallest absolute Gasteiger partial charge is 0.261 e. The number of carbonyl (C=O) groups is 1. The summed E-state index contributed by atoms with van der Waals surface area (Å²) in [5, 5.41) is 11.3. The minimum absolute atomic E-state index is 0.0595. The molecular weight excluding hydrogens is 298 g/mol. The van der Waals surface area contributed by atoms with Gasteiger partial charge in [0.15, 0.2) is 0 Å². The molecule has 0 fully saturated rings. The Hall–Kier alpha value is -1.36. The third kappa shape index (κ3) is 5.74. The second-order valence-corrected chi connectivity index (χ2v) is 7.63. The zero-order chi connectivity index (χ0) is 15.2. The number of aryl methyl sites for hydroxylation is 1. The van der Waals surface area contributed by atoms with Gasteiger partial charge < -0.3 is 10.4 Å². The first-order valence-corrected chi connectivity index (χ1v) is 8.87. The summed E-state index contributed by atoms with van der Waals surface area (Å²) in [4.78, 5) is 13.1. The van der Waals surface area contributed by atoms with Crippen LogP contribution in [-0.4, -0.2) is 44.6 Å². The molecule has 1 aromatic rings. The molecule has 1 amide bonds. The van der Waals surface area contributed by atoms with E-state index < -0.39 is 9.84 Å². The molecule has 0 aromatic carbocycles. The molecule has 0 aliphatic carbocycles. The van der Waals surface area contributed by atoms with E-state index in [0.717, 1.165) is 10.4 Å². The molecule has 5 nitrogen and oxygen atoms in total. The molecule has 1 aromatic heterocycles. The summed E-state index contributed by atoms with van der Waals surface area (Å²) >= 11 is 1.26. The second kappa shape index (κ2) is 7.43. The summed E-state index contributed by atoms with van der Waals surface area (Å²) in [6.45, 7) is 1.95. The van der Waals surface area contributed by atoms with Gasteiger partial charge in [0, 0.05) is 12.8 Å². The van der Waals surface area contributed by atoms with Gasteiger partial charge in [-0.2, -0.15) is 0 Å². The first-order valence-electron chi connectivity index (χ1n) is 5.99. The van der Waals surface area contributed by atoms with Crippen LogP contribution in [-0.2, 0) is 9.84 Å². The highest BCUT2D eigenvalue weighted by Gasteiger charge is 2.11. The van der Waals surface area contributed by atoms with Crippen LogP contribution >= 0.6 is 11.3 Å². The minimum atomic E-state index is -2.99. The zero-order valence-corrected chi connectivity index (χ0v) is 13.0. The number of nitrogens with one attached hydrogen (secondary N) is 1. The summed E-state index contributed by atoms with van der Waals surface area (Å²) in [7, 11) is -2.99. The van der Waals surface area contributed by atoms with Crippen LogP contribution in [0.15, 0.2) is 6.07 Å². The van der Waals surface area contributed by atoms with Crippen molar-refractivity contribution in [1.82, 2.24) is 5.32 Å². The van der Waals surface area contributed by atoms with Crippen molar-refractivity contribution in [1.29, 1.82) is 0 Å². The van der Waals surface area contributed by atoms with Crippen LogP contribution in [0.5, 0.6) is 0 Å². The maximum atomic E-state index is 11.9. The second-order valence-electron chi connectivity index (χ2n) is 4.32. The minimum Gasteiger partial charge on any atom is -0.384 e. The van der Waals surface area contributed by atoms with E-state index in [9.17, 15) is 13.2 Å². The average Bonchev–Trinajstić information content (AvgIpc) is 2.72. The fourth-order valence-electron chi connectivity index (χ4n) is 1.46. The number of aliphatic hydroxyl groups excluding tert-OH is 1. The topological polar surface area (TPSA) is 83.5 Å². The number of carbonyl (C=O) groups excluding carboxylic acids is 1. The Bertz CT molecular complexity index is 635. The molecule has 0 saturated carbocycles. The summed E-state index contributed by atoms with van der Waals surface area (Å²) in [6.07, 6.45) is 1.57. The molecule has 2 N–H and O–H groups in total. The van der Waals surface area contributed by atoms with E-state index >= 15 is 0 Å². The summed E-state index contributed by atoms with van der Waals surface area (Å²) in [6, 6.07) is 1.73. The molecule has 0 bridgehead atoms. The lowest BCUT2D eigenvalue weighted by Crippen LogP contribution is -2.25. The Labute approximate surface area is 122 Å². The predicted octanol–water partition coefficient (Wildman–Crippen LogP) is 0.565. The number of rotatable bonds is 5. The van der Waals surface area contributed by atoms with E-state index in [1.807, 2.05) is 6.92 Å². The van der Waals surface area contributed by atoms with E-state index in [2.05, 4.69) is 17.2 Å². The number of thiophene rings is 1. The molecule has 1 rings (SSSR count). The van der Waals surface area contributed by atoms with E-state index in [-0.39, 0.29) is 18.3 Å². The Balaban J connectivity index is 2.56.